The van der Waals surface area contributed by atoms with Crippen LogP contribution in [0.25, 0.3) is 0 Å². The minimum absolute atomic E-state index is 0.0495. The Labute approximate surface area is 79.8 Å². The molecule has 4 nitrogen and oxygen atoms in total. The molecule has 0 bridgehead atoms. The van der Waals surface area contributed by atoms with Crippen molar-refractivity contribution >= 4 is 24.2 Å². The second-order valence-corrected chi connectivity index (χ2v) is 2.78. The predicted molar refractivity (Wildman–Crippen MR) is 47.7 cm³/mol. The number of rotatable bonds is 1. The highest BCUT2D eigenvalue weighted by atomic mass is 35.5. The lowest BCUT2D eigenvalue weighted by molar-refractivity contribution is 0.419. The van der Waals surface area contributed by atoms with E-state index in [1.54, 1.807) is 6.07 Å². The number of phenolic OH excluding ortho intramolecular Hbond substituents is 1. The second kappa shape index (κ2) is 3.67. The van der Waals surface area contributed by atoms with E-state index in [1.807, 2.05) is 0 Å². The number of nitrogens with zero attached hydrogens (tertiary/aromatic N) is 1. The Balaban J connectivity index is 3.33. The molecule has 0 atom stereocenters. The third-order valence-corrected chi connectivity index (χ3v) is 1.81. The number of phenols is 1. The summed E-state index contributed by atoms with van der Waals surface area (Å²) in [5.74, 6) is -0.404. The van der Waals surface area contributed by atoms with Gasteiger partial charge in [0.05, 0.1) is 11.6 Å². The van der Waals surface area contributed by atoms with Gasteiger partial charge < -0.3 is 15.2 Å². The van der Waals surface area contributed by atoms with Gasteiger partial charge in [-0.15, -0.1) is 0 Å². The van der Waals surface area contributed by atoms with Gasteiger partial charge in [-0.25, -0.2) is 0 Å². The average molecular weight is 197 g/mol. The first-order valence-corrected chi connectivity index (χ1v) is 3.72. The van der Waals surface area contributed by atoms with Gasteiger partial charge in [-0.2, -0.15) is 5.26 Å². The fraction of sp³-hybridized carbons (Fsp3) is 0. The molecule has 0 unspecified atom stereocenters. The molecule has 0 radical (unpaired) electrons. The summed E-state index contributed by atoms with van der Waals surface area (Å²) in [6, 6.07) is 4.12. The molecule has 66 valence electrons. The van der Waals surface area contributed by atoms with Gasteiger partial charge in [0.25, 0.3) is 0 Å². The standard InChI is InChI=1S/C7H5BClNO3/c9-5-1-4(3-10)2-6(11)7(5)8(12)13/h1-2,11-13H. The van der Waals surface area contributed by atoms with Gasteiger partial charge in [0.2, 0.25) is 0 Å². The largest absolute Gasteiger partial charge is 0.508 e. The number of aromatic hydroxyl groups is 1. The predicted octanol–water partition coefficient (Wildman–Crippen LogP) is -0.403. The van der Waals surface area contributed by atoms with Crippen LogP contribution in [-0.2, 0) is 0 Å². The smallest absolute Gasteiger partial charge is 0.493 e. The van der Waals surface area contributed by atoms with Gasteiger partial charge >= 0.3 is 7.12 Å². The molecule has 0 aliphatic heterocycles. The summed E-state index contributed by atoms with van der Waals surface area (Å²) in [5, 5.41) is 35.2. The summed E-state index contributed by atoms with van der Waals surface area (Å²) in [6.45, 7) is 0. The molecule has 0 saturated carbocycles. The van der Waals surface area contributed by atoms with Crippen molar-refractivity contribution in [1.82, 2.24) is 0 Å². The first kappa shape index (κ1) is 9.87. The van der Waals surface area contributed by atoms with Gasteiger partial charge in [0, 0.05) is 10.5 Å². The van der Waals surface area contributed by atoms with Crippen molar-refractivity contribution in [2.75, 3.05) is 0 Å². The van der Waals surface area contributed by atoms with Crippen molar-refractivity contribution in [3.05, 3.63) is 22.7 Å². The van der Waals surface area contributed by atoms with Crippen LogP contribution in [0.3, 0.4) is 0 Å². The lowest BCUT2D eigenvalue weighted by atomic mass is 9.79. The number of halogens is 1. The molecule has 0 heterocycles. The van der Waals surface area contributed by atoms with Gasteiger partial charge in [-0.1, -0.05) is 11.6 Å². The van der Waals surface area contributed by atoms with Crippen LogP contribution in [0.15, 0.2) is 12.1 Å². The van der Waals surface area contributed by atoms with Crippen molar-refractivity contribution in [3.8, 4) is 11.8 Å². The van der Waals surface area contributed by atoms with Crippen molar-refractivity contribution in [2.45, 2.75) is 0 Å². The Bertz CT molecular complexity index is 351. The zero-order valence-corrected chi connectivity index (χ0v) is 7.15. The third-order valence-electron chi connectivity index (χ3n) is 1.50. The first-order valence-electron chi connectivity index (χ1n) is 3.35. The number of nitriles is 1. The number of hydrogen-bond acceptors (Lipinski definition) is 4. The molecule has 1 aromatic carbocycles. The van der Waals surface area contributed by atoms with E-state index in [0.717, 1.165) is 6.07 Å². The van der Waals surface area contributed by atoms with Crippen LogP contribution >= 0.6 is 11.6 Å². The summed E-state index contributed by atoms with van der Waals surface area (Å²) in [6.07, 6.45) is 0. The van der Waals surface area contributed by atoms with Crippen LogP contribution in [-0.4, -0.2) is 22.3 Å². The van der Waals surface area contributed by atoms with Gasteiger partial charge in [0.1, 0.15) is 5.75 Å². The summed E-state index contributed by atoms with van der Waals surface area (Å²) in [4.78, 5) is 0. The first-order chi connectivity index (χ1) is 6.06. The molecule has 0 aromatic heterocycles. The van der Waals surface area contributed by atoms with E-state index in [1.165, 1.54) is 6.07 Å². The van der Waals surface area contributed by atoms with Gasteiger partial charge in [0.15, 0.2) is 0 Å². The molecular formula is C7H5BClNO3. The Morgan fingerprint density at radius 3 is 2.38 bits per heavy atom. The summed E-state index contributed by atoms with van der Waals surface area (Å²) >= 11 is 5.58. The van der Waals surface area contributed by atoms with Gasteiger partial charge in [-0.3, -0.25) is 0 Å². The maximum atomic E-state index is 9.22. The van der Waals surface area contributed by atoms with E-state index in [-0.39, 0.29) is 16.0 Å². The van der Waals surface area contributed by atoms with E-state index >= 15 is 0 Å². The average Bonchev–Trinajstić information content (AvgIpc) is 2.02. The maximum Gasteiger partial charge on any atom is 0.493 e. The van der Waals surface area contributed by atoms with Crippen LogP contribution < -0.4 is 5.46 Å². The highest BCUT2D eigenvalue weighted by Gasteiger charge is 2.20. The summed E-state index contributed by atoms with van der Waals surface area (Å²) < 4.78 is 0. The Morgan fingerprint density at radius 2 is 2.00 bits per heavy atom. The lowest BCUT2D eigenvalue weighted by Gasteiger charge is -2.05. The monoisotopic (exact) mass is 197 g/mol. The van der Waals surface area contributed by atoms with Crippen molar-refractivity contribution in [2.24, 2.45) is 0 Å². The molecule has 3 N–H and O–H groups in total. The number of hydrogen-bond donors (Lipinski definition) is 3. The van der Waals surface area contributed by atoms with Crippen molar-refractivity contribution in [1.29, 1.82) is 5.26 Å². The molecule has 0 saturated heterocycles. The fourth-order valence-electron chi connectivity index (χ4n) is 0.923. The van der Waals surface area contributed by atoms with Crippen LogP contribution in [0.1, 0.15) is 5.56 Å². The van der Waals surface area contributed by atoms with E-state index in [0.29, 0.717) is 0 Å². The molecule has 0 amide bonds. The van der Waals surface area contributed by atoms with E-state index in [2.05, 4.69) is 0 Å². The zero-order chi connectivity index (χ0) is 10.0. The Kier molecular flexibility index (Phi) is 2.78. The molecule has 0 aliphatic carbocycles. The maximum absolute atomic E-state index is 9.22. The number of benzene rings is 1. The molecule has 0 spiro atoms. The normalized spacial score (nSPS) is 9.38. The van der Waals surface area contributed by atoms with E-state index in [9.17, 15) is 5.11 Å². The molecule has 0 aliphatic rings. The topological polar surface area (TPSA) is 84.5 Å². The molecule has 13 heavy (non-hydrogen) atoms. The van der Waals surface area contributed by atoms with Crippen molar-refractivity contribution < 1.29 is 15.2 Å². The minimum atomic E-state index is -1.85. The summed E-state index contributed by atoms with van der Waals surface area (Å²) in [5.41, 5.74) is -0.0347. The molecule has 6 heteroatoms. The van der Waals surface area contributed by atoms with Crippen molar-refractivity contribution in [3.63, 3.8) is 0 Å². The van der Waals surface area contributed by atoms with Crippen LogP contribution in [0.5, 0.6) is 5.75 Å². The van der Waals surface area contributed by atoms with Gasteiger partial charge in [-0.05, 0) is 12.1 Å². The third kappa shape index (κ3) is 1.93. The van der Waals surface area contributed by atoms with Crippen LogP contribution in [0.2, 0.25) is 5.02 Å². The fourth-order valence-corrected chi connectivity index (χ4v) is 1.24. The highest BCUT2D eigenvalue weighted by Crippen LogP contribution is 2.17. The van der Waals surface area contributed by atoms with E-state index < -0.39 is 12.9 Å². The second-order valence-electron chi connectivity index (χ2n) is 2.38. The Hall–Kier alpha value is -1.22. The zero-order valence-electron chi connectivity index (χ0n) is 6.40. The molecule has 0 fully saturated rings. The van der Waals surface area contributed by atoms with Crippen LogP contribution in [0, 0.1) is 11.3 Å². The molecule has 1 rings (SSSR count). The SMILES string of the molecule is N#Cc1cc(O)c(B(O)O)c(Cl)c1. The minimum Gasteiger partial charge on any atom is -0.508 e. The van der Waals surface area contributed by atoms with Crippen LogP contribution in [0.4, 0.5) is 0 Å². The molecular weight excluding hydrogens is 192 g/mol. The van der Waals surface area contributed by atoms with E-state index in [4.69, 9.17) is 26.9 Å². The quantitative estimate of drug-likeness (QED) is 0.535. The lowest BCUT2D eigenvalue weighted by Crippen LogP contribution is -2.31. The summed E-state index contributed by atoms with van der Waals surface area (Å²) in [7, 11) is -1.85. The highest BCUT2D eigenvalue weighted by molar-refractivity contribution is 6.63. The Morgan fingerprint density at radius 1 is 1.38 bits per heavy atom. The molecule has 1 aromatic rings.